The third-order valence-corrected chi connectivity index (χ3v) is 3.78. The second-order valence-electron chi connectivity index (χ2n) is 5.30. The minimum atomic E-state index is 0.201. The number of hydrogen-bond acceptors (Lipinski definition) is 4. The first-order valence-corrected chi connectivity index (χ1v) is 7.31. The van der Waals surface area contributed by atoms with Crippen LogP contribution < -0.4 is 5.32 Å². The summed E-state index contributed by atoms with van der Waals surface area (Å²) in [5.41, 5.74) is 2.18. The van der Waals surface area contributed by atoms with Gasteiger partial charge in [0.15, 0.2) is 0 Å². The number of H-pyrrole nitrogens is 1. The average molecular weight is 284 g/mol. The van der Waals surface area contributed by atoms with Gasteiger partial charge in [-0.15, -0.1) is 0 Å². The number of furan rings is 1. The zero-order chi connectivity index (χ0) is 14.7. The van der Waals surface area contributed by atoms with E-state index in [-0.39, 0.29) is 6.04 Å². The topological polar surface area (TPSA) is 66.7 Å². The minimum absolute atomic E-state index is 0.201. The van der Waals surface area contributed by atoms with Gasteiger partial charge in [-0.05, 0) is 38.4 Å². The number of nitrogens with zero attached hydrogens (tertiary/aromatic N) is 2. The predicted octanol–water partition coefficient (Wildman–Crippen LogP) is 3.14. The molecule has 2 heterocycles. The summed E-state index contributed by atoms with van der Waals surface area (Å²) in [6.07, 6.45) is 3.46. The first-order valence-electron chi connectivity index (χ1n) is 7.31. The summed E-state index contributed by atoms with van der Waals surface area (Å²) < 4.78 is 5.97. The van der Waals surface area contributed by atoms with Gasteiger partial charge in [0.05, 0.1) is 6.04 Å². The molecule has 0 saturated carbocycles. The number of hydrogen-bond donors (Lipinski definition) is 2. The fourth-order valence-corrected chi connectivity index (χ4v) is 2.62. The Labute approximate surface area is 123 Å². The van der Waals surface area contributed by atoms with Gasteiger partial charge in [-0.3, -0.25) is 5.10 Å². The number of aromatic nitrogens is 3. The molecule has 5 nitrogen and oxygen atoms in total. The highest BCUT2D eigenvalue weighted by molar-refractivity contribution is 5.82. The van der Waals surface area contributed by atoms with Crippen molar-refractivity contribution in [3.8, 4) is 0 Å². The molecule has 3 aromatic rings. The van der Waals surface area contributed by atoms with E-state index in [0.29, 0.717) is 0 Å². The SMILES string of the molecule is Cc1c(C(C)NCCCc2ncn[nH]2)oc2ccccc12. The van der Waals surface area contributed by atoms with Crippen LogP contribution in [0.15, 0.2) is 35.0 Å². The van der Waals surface area contributed by atoms with Crippen LogP contribution in [0.2, 0.25) is 0 Å². The fraction of sp³-hybridized carbons (Fsp3) is 0.375. The standard InChI is InChI=1S/C16H20N4O/c1-11-13-6-3-4-7-14(13)21-16(11)12(2)17-9-5-8-15-18-10-19-20-15/h3-4,6-7,10,12,17H,5,8-9H2,1-2H3,(H,18,19,20). The zero-order valence-corrected chi connectivity index (χ0v) is 12.4. The third kappa shape index (κ3) is 2.97. The Morgan fingerprint density at radius 2 is 2.19 bits per heavy atom. The van der Waals surface area contributed by atoms with Crippen LogP contribution in [-0.4, -0.2) is 21.7 Å². The van der Waals surface area contributed by atoms with Gasteiger partial charge in [-0.25, -0.2) is 4.98 Å². The molecule has 0 fully saturated rings. The van der Waals surface area contributed by atoms with E-state index in [1.165, 1.54) is 10.9 Å². The quantitative estimate of drug-likeness (QED) is 0.682. The first-order chi connectivity index (χ1) is 10.3. The number of benzene rings is 1. The number of aryl methyl sites for hydroxylation is 2. The molecule has 5 heteroatoms. The van der Waals surface area contributed by atoms with E-state index < -0.39 is 0 Å². The maximum absolute atomic E-state index is 5.97. The van der Waals surface area contributed by atoms with Crippen molar-refractivity contribution >= 4 is 11.0 Å². The van der Waals surface area contributed by atoms with Crippen molar-refractivity contribution in [1.29, 1.82) is 0 Å². The van der Waals surface area contributed by atoms with Crippen LogP contribution in [0.1, 0.15) is 36.5 Å². The first kappa shape index (κ1) is 13.8. The molecule has 0 aliphatic rings. The van der Waals surface area contributed by atoms with Gasteiger partial charge in [0.1, 0.15) is 23.5 Å². The highest BCUT2D eigenvalue weighted by atomic mass is 16.3. The van der Waals surface area contributed by atoms with E-state index in [9.17, 15) is 0 Å². The van der Waals surface area contributed by atoms with Gasteiger partial charge in [-0.2, -0.15) is 5.10 Å². The Balaban J connectivity index is 1.59. The molecule has 110 valence electrons. The lowest BCUT2D eigenvalue weighted by atomic mass is 10.1. The highest BCUT2D eigenvalue weighted by Gasteiger charge is 2.15. The van der Waals surface area contributed by atoms with Crippen molar-refractivity contribution in [2.45, 2.75) is 32.7 Å². The predicted molar refractivity (Wildman–Crippen MR) is 82.1 cm³/mol. The van der Waals surface area contributed by atoms with Gasteiger partial charge in [0, 0.05) is 11.8 Å². The van der Waals surface area contributed by atoms with Crippen molar-refractivity contribution in [1.82, 2.24) is 20.5 Å². The van der Waals surface area contributed by atoms with E-state index in [0.717, 1.165) is 36.6 Å². The molecule has 1 unspecified atom stereocenters. The van der Waals surface area contributed by atoms with Gasteiger partial charge in [0.25, 0.3) is 0 Å². The molecule has 0 aliphatic heterocycles. The van der Waals surface area contributed by atoms with Gasteiger partial charge >= 0.3 is 0 Å². The second-order valence-corrected chi connectivity index (χ2v) is 5.30. The van der Waals surface area contributed by atoms with Crippen LogP contribution in [0, 0.1) is 6.92 Å². The summed E-state index contributed by atoms with van der Waals surface area (Å²) in [5, 5.41) is 11.4. The monoisotopic (exact) mass is 284 g/mol. The van der Waals surface area contributed by atoms with Crippen LogP contribution in [-0.2, 0) is 6.42 Å². The number of nitrogens with one attached hydrogen (secondary N) is 2. The summed E-state index contributed by atoms with van der Waals surface area (Å²) in [6.45, 7) is 5.17. The molecule has 0 saturated heterocycles. The Morgan fingerprint density at radius 3 is 2.95 bits per heavy atom. The van der Waals surface area contributed by atoms with Crippen LogP contribution in [0.3, 0.4) is 0 Å². The molecule has 0 amide bonds. The van der Waals surface area contributed by atoms with Crippen molar-refractivity contribution < 1.29 is 4.42 Å². The maximum Gasteiger partial charge on any atom is 0.137 e. The van der Waals surface area contributed by atoms with Crippen LogP contribution in [0.25, 0.3) is 11.0 Å². The average Bonchev–Trinajstić information content (AvgIpc) is 3.12. The molecule has 0 bridgehead atoms. The summed E-state index contributed by atoms with van der Waals surface area (Å²) >= 11 is 0. The van der Waals surface area contributed by atoms with Crippen molar-refractivity contribution in [2.75, 3.05) is 6.54 Å². The number of fused-ring (bicyclic) bond motifs is 1. The summed E-state index contributed by atoms with van der Waals surface area (Å²) in [7, 11) is 0. The van der Waals surface area contributed by atoms with Crippen LogP contribution in [0.4, 0.5) is 0 Å². The lowest BCUT2D eigenvalue weighted by molar-refractivity contribution is 0.445. The molecule has 3 rings (SSSR count). The summed E-state index contributed by atoms with van der Waals surface area (Å²) in [6, 6.07) is 8.37. The molecular formula is C16H20N4O. The maximum atomic E-state index is 5.97. The van der Waals surface area contributed by atoms with Crippen molar-refractivity contribution in [3.05, 3.63) is 47.7 Å². The molecule has 2 aromatic heterocycles. The number of aromatic amines is 1. The molecule has 21 heavy (non-hydrogen) atoms. The van der Waals surface area contributed by atoms with Crippen molar-refractivity contribution in [3.63, 3.8) is 0 Å². The molecule has 0 radical (unpaired) electrons. The van der Waals surface area contributed by atoms with Gasteiger partial charge in [0.2, 0.25) is 0 Å². The molecule has 0 spiro atoms. The van der Waals surface area contributed by atoms with E-state index in [1.807, 2.05) is 18.2 Å². The largest absolute Gasteiger partial charge is 0.459 e. The molecule has 2 N–H and O–H groups in total. The molecular weight excluding hydrogens is 264 g/mol. The Hall–Kier alpha value is -2.14. The molecule has 1 atom stereocenters. The lowest BCUT2D eigenvalue weighted by Crippen LogP contribution is -2.20. The van der Waals surface area contributed by atoms with Crippen molar-refractivity contribution in [2.24, 2.45) is 0 Å². The second kappa shape index (κ2) is 6.10. The lowest BCUT2D eigenvalue weighted by Gasteiger charge is -2.12. The van der Waals surface area contributed by atoms with Gasteiger partial charge in [-0.1, -0.05) is 18.2 Å². The number of rotatable bonds is 6. The van der Waals surface area contributed by atoms with E-state index in [1.54, 1.807) is 6.33 Å². The minimum Gasteiger partial charge on any atom is -0.459 e. The summed E-state index contributed by atoms with van der Waals surface area (Å²) in [5.74, 6) is 1.96. The van der Waals surface area contributed by atoms with Crippen LogP contribution in [0.5, 0.6) is 0 Å². The smallest absolute Gasteiger partial charge is 0.137 e. The Kier molecular flexibility index (Phi) is 4.01. The Bertz CT molecular complexity index is 702. The molecule has 1 aromatic carbocycles. The van der Waals surface area contributed by atoms with E-state index in [4.69, 9.17) is 4.42 Å². The Morgan fingerprint density at radius 1 is 1.33 bits per heavy atom. The normalized spacial score (nSPS) is 12.9. The molecule has 0 aliphatic carbocycles. The van der Waals surface area contributed by atoms with Gasteiger partial charge < -0.3 is 9.73 Å². The number of para-hydroxylation sites is 1. The van der Waals surface area contributed by atoms with E-state index >= 15 is 0 Å². The van der Waals surface area contributed by atoms with Crippen LogP contribution >= 0.6 is 0 Å². The summed E-state index contributed by atoms with van der Waals surface area (Å²) in [4.78, 5) is 4.12. The highest BCUT2D eigenvalue weighted by Crippen LogP contribution is 2.28. The van der Waals surface area contributed by atoms with E-state index in [2.05, 4.69) is 40.4 Å². The fourth-order valence-electron chi connectivity index (χ4n) is 2.62. The third-order valence-electron chi connectivity index (χ3n) is 3.78. The zero-order valence-electron chi connectivity index (χ0n) is 12.4.